The van der Waals surface area contributed by atoms with E-state index in [-0.39, 0.29) is 5.91 Å². The van der Waals surface area contributed by atoms with Crippen LogP contribution in [0.5, 0.6) is 5.75 Å². The number of benzene rings is 1. The van der Waals surface area contributed by atoms with Crippen LogP contribution in [0, 0.1) is 0 Å². The normalized spacial score (nSPS) is 10.8. The molecule has 0 spiro atoms. The second-order valence-corrected chi connectivity index (χ2v) is 6.16. The molecule has 0 fully saturated rings. The van der Waals surface area contributed by atoms with Gasteiger partial charge < -0.3 is 10.1 Å². The SMILES string of the molecule is CCNC(=O)CSc1ccc2nnc(-c3ccc(OCC)cc3)n2n1. The lowest BCUT2D eigenvalue weighted by Gasteiger charge is -2.05. The lowest BCUT2D eigenvalue weighted by atomic mass is 10.2. The molecule has 0 atom stereocenters. The predicted octanol–water partition coefficient (Wildman–Crippen LogP) is 2.42. The molecule has 0 aliphatic heterocycles. The van der Waals surface area contributed by atoms with Gasteiger partial charge in [0.05, 0.1) is 12.4 Å². The summed E-state index contributed by atoms with van der Waals surface area (Å²) >= 11 is 1.38. The smallest absolute Gasteiger partial charge is 0.230 e. The Morgan fingerprint density at radius 2 is 1.96 bits per heavy atom. The highest BCUT2D eigenvalue weighted by atomic mass is 32.2. The number of amides is 1. The highest BCUT2D eigenvalue weighted by Gasteiger charge is 2.11. The molecule has 2 heterocycles. The van der Waals surface area contributed by atoms with E-state index in [0.717, 1.165) is 16.3 Å². The quantitative estimate of drug-likeness (QED) is 0.654. The highest BCUT2D eigenvalue weighted by Crippen LogP contribution is 2.22. The minimum Gasteiger partial charge on any atom is -0.494 e. The maximum Gasteiger partial charge on any atom is 0.230 e. The lowest BCUT2D eigenvalue weighted by molar-refractivity contribution is -0.118. The van der Waals surface area contributed by atoms with Gasteiger partial charge in [-0.15, -0.1) is 10.2 Å². The molecule has 1 aromatic carbocycles. The number of ether oxygens (including phenoxy) is 1. The third-order valence-corrected chi connectivity index (χ3v) is 4.31. The summed E-state index contributed by atoms with van der Waals surface area (Å²) in [4.78, 5) is 11.6. The van der Waals surface area contributed by atoms with Gasteiger partial charge in [-0.25, -0.2) is 0 Å². The van der Waals surface area contributed by atoms with Crippen LogP contribution < -0.4 is 10.1 Å². The Bertz CT molecular complexity index is 863. The van der Waals surface area contributed by atoms with Crippen LogP contribution in [0.4, 0.5) is 0 Å². The van der Waals surface area contributed by atoms with Crippen molar-refractivity contribution < 1.29 is 9.53 Å². The molecule has 1 N–H and O–H groups in total. The standard InChI is InChI=1S/C17H19N5O2S/c1-3-18-15(23)11-25-16-10-9-14-19-20-17(22(14)21-16)12-5-7-13(8-6-12)24-4-2/h5-10H,3-4,11H2,1-2H3,(H,18,23). The van der Waals surface area contributed by atoms with Crippen LogP contribution in [0.1, 0.15) is 13.8 Å². The van der Waals surface area contributed by atoms with Crippen LogP contribution in [0.2, 0.25) is 0 Å². The summed E-state index contributed by atoms with van der Waals surface area (Å²) in [5.74, 6) is 1.78. The van der Waals surface area contributed by atoms with Gasteiger partial charge in [-0.3, -0.25) is 4.79 Å². The number of rotatable bonds is 7. The summed E-state index contributed by atoms with van der Waals surface area (Å²) in [6.45, 7) is 5.09. The fourth-order valence-electron chi connectivity index (χ4n) is 2.28. The molecule has 0 bridgehead atoms. The van der Waals surface area contributed by atoms with Crippen molar-refractivity contribution in [3.05, 3.63) is 36.4 Å². The molecule has 0 saturated carbocycles. The van der Waals surface area contributed by atoms with E-state index in [1.807, 2.05) is 50.2 Å². The molecule has 25 heavy (non-hydrogen) atoms. The third kappa shape index (κ3) is 4.08. The number of nitrogens with one attached hydrogen (secondary N) is 1. The number of aromatic nitrogens is 4. The van der Waals surface area contributed by atoms with Gasteiger partial charge in [-0.2, -0.15) is 9.61 Å². The van der Waals surface area contributed by atoms with Crippen LogP contribution in [0.3, 0.4) is 0 Å². The van der Waals surface area contributed by atoms with E-state index >= 15 is 0 Å². The first-order valence-electron chi connectivity index (χ1n) is 8.06. The van der Waals surface area contributed by atoms with E-state index < -0.39 is 0 Å². The first kappa shape index (κ1) is 17.2. The van der Waals surface area contributed by atoms with Gasteiger partial charge in [0.25, 0.3) is 0 Å². The van der Waals surface area contributed by atoms with E-state index in [9.17, 15) is 4.79 Å². The molecule has 0 saturated heterocycles. The molecule has 0 aliphatic rings. The van der Waals surface area contributed by atoms with E-state index in [2.05, 4.69) is 20.6 Å². The first-order valence-corrected chi connectivity index (χ1v) is 9.05. The Hall–Kier alpha value is -2.61. The van der Waals surface area contributed by atoms with Gasteiger partial charge in [0.1, 0.15) is 10.8 Å². The van der Waals surface area contributed by atoms with Gasteiger partial charge >= 0.3 is 0 Å². The second-order valence-electron chi connectivity index (χ2n) is 5.16. The summed E-state index contributed by atoms with van der Waals surface area (Å²) in [5, 5.41) is 16.4. The lowest BCUT2D eigenvalue weighted by Crippen LogP contribution is -2.24. The topological polar surface area (TPSA) is 81.4 Å². The fourth-order valence-corrected chi connectivity index (χ4v) is 2.97. The minimum absolute atomic E-state index is 0.00936. The van der Waals surface area contributed by atoms with Crippen molar-refractivity contribution >= 4 is 23.3 Å². The van der Waals surface area contributed by atoms with Crippen LogP contribution in [0.25, 0.3) is 17.0 Å². The van der Waals surface area contributed by atoms with E-state index in [1.165, 1.54) is 11.8 Å². The van der Waals surface area contributed by atoms with Crippen LogP contribution in [0.15, 0.2) is 41.4 Å². The van der Waals surface area contributed by atoms with Gasteiger partial charge in [0.15, 0.2) is 11.5 Å². The largest absolute Gasteiger partial charge is 0.494 e. The van der Waals surface area contributed by atoms with Crippen LogP contribution in [-0.4, -0.2) is 44.6 Å². The summed E-state index contributed by atoms with van der Waals surface area (Å²) in [5.41, 5.74) is 1.56. The van der Waals surface area contributed by atoms with Gasteiger partial charge in [0.2, 0.25) is 5.91 Å². The van der Waals surface area contributed by atoms with Gasteiger partial charge in [-0.05, 0) is 50.2 Å². The summed E-state index contributed by atoms with van der Waals surface area (Å²) in [6.07, 6.45) is 0. The maximum atomic E-state index is 11.6. The second kappa shape index (κ2) is 7.98. The number of nitrogens with zero attached hydrogens (tertiary/aromatic N) is 4. The van der Waals surface area contributed by atoms with Crippen molar-refractivity contribution in [3.8, 4) is 17.1 Å². The molecule has 8 heteroatoms. The van der Waals surface area contributed by atoms with Crippen molar-refractivity contribution in [1.29, 1.82) is 0 Å². The highest BCUT2D eigenvalue weighted by molar-refractivity contribution is 7.99. The summed E-state index contributed by atoms with van der Waals surface area (Å²) in [6, 6.07) is 11.3. The molecule has 7 nitrogen and oxygen atoms in total. The number of carbonyl (C=O) groups is 1. The Morgan fingerprint density at radius 3 is 2.68 bits per heavy atom. The average Bonchev–Trinajstić information content (AvgIpc) is 3.04. The Balaban J connectivity index is 1.84. The fraction of sp³-hybridized carbons (Fsp3) is 0.294. The molecule has 0 radical (unpaired) electrons. The molecular weight excluding hydrogens is 338 g/mol. The molecule has 2 aromatic heterocycles. The van der Waals surface area contributed by atoms with Crippen molar-refractivity contribution in [2.45, 2.75) is 18.9 Å². The number of carbonyl (C=O) groups excluding carboxylic acids is 1. The molecule has 3 aromatic rings. The molecule has 0 unspecified atom stereocenters. The molecule has 1 amide bonds. The van der Waals surface area contributed by atoms with E-state index in [0.29, 0.717) is 30.4 Å². The zero-order valence-electron chi connectivity index (χ0n) is 14.1. The number of fused-ring (bicyclic) bond motifs is 1. The first-order chi connectivity index (χ1) is 12.2. The van der Waals surface area contributed by atoms with Gasteiger partial charge in [-0.1, -0.05) is 11.8 Å². The Kier molecular flexibility index (Phi) is 5.49. The molecule has 0 aliphatic carbocycles. The monoisotopic (exact) mass is 357 g/mol. The Morgan fingerprint density at radius 1 is 1.16 bits per heavy atom. The van der Waals surface area contributed by atoms with Crippen molar-refractivity contribution in [2.24, 2.45) is 0 Å². The third-order valence-electron chi connectivity index (χ3n) is 3.39. The van der Waals surface area contributed by atoms with E-state index in [4.69, 9.17) is 4.74 Å². The number of hydrogen-bond donors (Lipinski definition) is 1. The summed E-state index contributed by atoms with van der Waals surface area (Å²) < 4.78 is 7.15. The van der Waals surface area contributed by atoms with Crippen molar-refractivity contribution in [1.82, 2.24) is 25.1 Å². The maximum absolute atomic E-state index is 11.6. The summed E-state index contributed by atoms with van der Waals surface area (Å²) in [7, 11) is 0. The van der Waals surface area contributed by atoms with Crippen LogP contribution >= 0.6 is 11.8 Å². The molecule has 3 rings (SSSR count). The Labute approximate surface area is 149 Å². The number of hydrogen-bond acceptors (Lipinski definition) is 6. The van der Waals surface area contributed by atoms with Crippen molar-refractivity contribution in [2.75, 3.05) is 18.9 Å². The van der Waals surface area contributed by atoms with Crippen LogP contribution in [-0.2, 0) is 4.79 Å². The molecular formula is C17H19N5O2S. The average molecular weight is 357 g/mol. The molecule has 130 valence electrons. The zero-order valence-corrected chi connectivity index (χ0v) is 14.9. The van der Waals surface area contributed by atoms with Crippen molar-refractivity contribution in [3.63, 3.8) is 0 Å². The number of thioether (sulfide) groups is 1. The van der Waals surface area contributed by atoms with E-state index in [1.54, 1.807) is 4.52 Å². The van der Waals surface area contributed by atoms with Gasteiger partial charge in [0, 0.05) is 12.1 Å². The zero-order chi connectivity index (χ0) is 17.6. The minimum atomic E-state index is -0.00936. The predicted molar refractivity (Wildman–Crippen MR) is 96.8 cm³/mol.